The molecule has 0 spiro atoms. The SMILES string of the molecule is CCCCC(NCCC)c1cc2c(cc1Cl)OCCO2. The molecule has 1 N–H and O–H groups in total. The minimum Gasteiger partial charge on any atom is -0.486 e. The number of nitrogens with one attached hydrogen (secondary N) is 1. The second-order valence-electron chi connectivity index (χ2n) is 5.17. The van der Waals surface area contributed by atoms with E-state index in [4.69, 9.17) is 21.1 Å². The van der Waals surface area contributed by atoms with E-state index in [-0.39, 0.29) is 0 Å². The standard InChI is InChI=1S/C16H24ClNO2/c1-3-5-6-14(18-7-4-2)12-10-15-16(11-13(12)17)20-9-8-19-15/h10-11,14,18H,3-9H2,1-2H3. The third-order valence-electron chi connectivity index (χ3n) is 3.52. The van der Waals surface area contributed by atoms with E-state index in [2.05, 4.69) is 19.2 Å². The van der Waals surface area contributed by atoms with Crippen molar-refractivity contribution < 1.29 is 9.47 Å². The van der Waals surface area contributed by atoms with Crippen LogP contribution in [0.15, 0.2) is 12.1 Å². The van der Waals surface area contributed by atoms with Crippen molar-refractivity contribution in [1.82, 2.24) is 5.32 Å². The van der Waals surface area contributed by atoms with Crippen molar-refractivity contribution in [3.05, 3.63) is 22.7 Å². The van der Waals surface area contributed by atoms with Crippen molar-refractivity contribution in [2.24, 2.45) is 0 Å². The molecule has 0 amide bonds. The largest absolute Gasteiger partial charge is 0.486 e. The molecular formula is C16H24ClNO2. The van der Waals surface area contributed by atoms with E-state index in [9.17, 15) is 0 Å². The first-order valence-electron chi connectivity index (χ1n) is 7.58. The van der Waals surface area contributed by atoms with E-state index in [1.807, 2.05) is 12.1 Å². The second kappa shape index (κ2) is 7.75. The Balaban J connectivity index is 2.21. The van der Waals surface area contributed by atoms with Crippen LogP contribution in [0.5, 0.6) is 11.5 Å². The van der Waals surface area contributed by atoms with E-state index in [1.165, 1.54) is 12.8 Å². The third-order valence-corrected chi connectivity index (χ3v) is 3.85. The van der Waals surface area contributed by atoms with Gasteiger partial charge < -0.3 is 14.8 Å². The van der Waals surface area contributed by atoms with Crippen molar-refractivity contribution in [3.8, 4) is 11.5 Å². The molecule has 112 valence electrons. The molecule has 0 bridgehead atoms. The molecule has 4 heteroatoms. The van der Waals surface area contributed by atoms with E-state index in [0.717, 1.165) is 41.5 Å². The van der Waals surface area contributed by atoms with Gasteiger partial charge in [0.15, 0.2) is 11.5 Å². The van der Waals surface area contributed by atoms with Crippen LogP contribution in [0.1, 0.15) is 51.1 Å². The van der Waals surface area contributed by atoms with E-state index >= 15 is 0 Å². The van der Waals surface area contributed by atoms with Gasteiger partial charge in [-0.15, -0.1) is 0 Å². The van der Waals surface area contributed by atoms with E-state index in [0.29, 0.717) is 19.3 Å². The number of hydrogen-bond acceptors (Lipinski definition) is 3. The molecule has 3 nitrogen and oxygen atoms in total. The van der Waals surface area contributed by atoms with Crippen molar-refractivity contribution in [3.63, 3.8) is 0 Å². The highest BCUT2D eigenvalue weighted by molar-refractivity contribution is 6.31. The lowest BCUT2D eigenvalue weighted by molar-refractivity contribution is 0.171. The molecule has 1 aliphatic rings. The van der Waals surface area contributed by atoms with Gasteiger partial charge >= 0.3 is 0 Å². The highest BCUT2D eigenvalue weighted by Crippen LogP contribution is 2.38. The quantitative estimate of drug-likeness (QED) is 0.812. The maximum atomic E-state index is 6.44. The molecule has 1 unspecified atom stereocenters. The molecule has 20 heavy (non-hydrogen) atoms. The molecule has 0 radical (unpaired) electrons. The number of benzene rings is 1. The summed E-state index contributed by atoms with van der Waals surface area (Å²) in [6.07, 6.45) is 4.58. The van der Waals surface area contributed by atoms with Gasteiger partial charge in [-0.05, 0) is 31.0 Å². The van der Waals surface area contributed by atoms with Crippen LogP contribution in [0.25, 0.3) is 0 Å². The molecule has 2 rings (SSSR count). The summed E-state index contributed by atoms with van der Waals surface area (Å²) in [5.74, 6) is 1.57. The topological polar surface area (TPSA) is 30.5 Å². The molecule has 0 aromatic heterocycles. The molecule has 0 saturated heterocycles. The molecular weight excluding hydrogens is 274 g/mol. The third kappa shape index (κ3) is 3.80. The Morgan fingerprint density at radius 1 is 1.15 bits per heavy atom. The fourth-order valence-electron chi connectivity index (χ4n) is 2.44. The fourth-order valence-corrected chi connectivity index (χ4v) is 2.73. The van der Waals surface area contributed by atoms with Gasteiger partial charge in [-0.1, -0.05) is 38.3 Å². The minimum absolute atomic E-state index is 0.290. The maximum Gasteiger partial charge on any atom is 0.162 e. The summed E-state index contributed by atoms with van der Waals surface area (Å²) < 4.78 is 11.2. The number of fused-ring (bicyclic) bond motifs is 1. The first kappa shape index (κ1) is 15.5. The minimum atomic E-state index is 0.290. The summed E-state index contributed by atoms with van der Waals surface area (Å²) >= 11 is 6.44. The van der Waals surface area contributed by atoms with E-state index < -0.39 is 0 Å². The molecule has 0 saturated carbocycles. The molecule has 0 aliphatic carbocycles. The molecule has 1 aliphatic heterocycles. The summed E-state index contributed by atoms with van der Waals surface area (Å²) in [4.78, 5) is 0. The van der Waals surface area contributed by atoms with Gasteiger partial charge in [0.25, 0.3) is 0 Å². The highest BCUT2D eigenvalue weighted by Gasteiger charge is 2.20. The van der Waals surface area contributed by atoms with Crippen molar-refractivity contribution in [2.45, 2.75) is 45.6 Å². The van der Waals surface area contributed by atoms with Gasteiger partial charge in [0.1, 0.15) is 13.2 Å². The summed E-state index contributed by atoms with van der Waals surface area (Å²) in [5.41, 5.74) is 1.12. The number of halogens is 1. The Labute approximate surface area is 126 Å². The monoisotopic (exact) mass is 297 g/mol. The average Bonchev–Trinajstić information content (AvgIpc) is 2.47. The normalized spacial score (nSPS) is 15.2. The van der Waals surface area contributed by atoms with Crippen LogP contribution in [-0.2, 0) is 0 Å². The zero-order valence-electron chi connectivity index (χ0n) is 12.4. The van der Waals surface area contributed by atoms with Crippen LogP contribution in [0, 0.1) is 0 Å². The van der Waals surface area contributed by atoms with Crippen LogP contribution in [0.2, 0.25) is 5.02 Å². The van der Waals surface area contributed by atoms with Crippen LogP contribution >= 0.6 is 11.6 Å². The Morgan fingerprint density at radius 2 is 1.85 bits per heavy atom. The maximum absolute atomic E-state index is 6.44. The van der Waals surface area contributed by atoms with E-state index in [1.54, 1.807) is 0 Å². The lowest BCUT2D eigenvalue weighted by atomic mass is 10.00. The Morgan fingerprint density at radius 3 is 2.50 bits per heavy atom. The van der Waals surface area contributed by atoms with Crippen molar-refractivity contribution in [1.29, 1.82) is 0 Å². The summed E-state index contributed by atoms with van der Waals surface area (Å²) in [6.45, 7) is 6.59. The van der Waals surface area contributed by atoms with Crippen LogP contribution < -0.4 is 14.8 Å². The van der Waals surface area contributed by atoms with Crippen LogP contribution in [0.4, 0.5) is 0 Å². The number of unbranched alkanes of at least 4 members (excludes halogenated alkanes) is 1. The predicted octanol–water partition coefficient (Wildman–Crippen LogP) is 4.34. The first-order valence-corrected chi connectivity index (χ1v) is 7.96. The lowest BCUT2D eigenvalue weighted by Gasteiger charge is -2.24. The van der Waals surface area contributed by atoms with Gasteiger partial charge in [0, 0.05) is 17.1 Å². The Bertz CT molecular complexity index is 429. The molecule has 1 atom stereocenters. The highest BCUT2D eigenvalue weighted by atomic mass is 35.5. The molecule has 0 fully saturated rings. The summed E-state index contributed by atoms with van der Waals surface area (Å²) in [6, 6.07) is 4.22. The fraction of sp³-hybridized carbons (Fsp3) is 0.625. The zero-order valence-corrected chi connectivity index (χ0v) is 13.1. The molecule has 1 heterocycles. The van der Waals surface area contributed by atoms with Gasteiger partial charge in [-0.25, -0.2) is 0 Å². The number of hydrogen-bond donors (Lipinski definition) is 1. The average molecular weight is 298 g/mol. The second-order valence-corrected chi connectivity index (χ2v) is 5.57. The van der Waals surface area contributed by atoms with Crippen LogP contribution in [0.3, 0.4) is 0 Å². The molecule has 1 aromatic rings. The van der Waals surface area contributed by atoms with Gasteiger partial charge in [0.2, 0.25) is 0 Å². The number of ether oxygens (including phenoxy) is 2. The summed E-state index contributed by atoms with van der Waals surface area (Å²) in [5, 5.41) is 4.35. The Kier molecular flexibility index (Phi) is 5.99. The molecule has 1 aromatic carbocycles. The zero-order chi connectivity index (χ0) is 14.4. The van der Waals surface area contributed by atoms with Crippen LogP contribution in [-0.4, -0.2) is 19.8 Å². The summed E-state index contributed by atoms with van der Waals surface area (Å²) in [7, 11) is 0. The van der Waals surface area contributed by atoms with Crippen molar-refractivity contribution >= 4 is 11.6 Å². The predicted molar refractivity (Wildman–Crippen MR) is 83.0 cm³/mol. The Hall–Kier alpha value is -0.930. The van der Waals surface area contributed by atoms with Gasteiger partial charge in [-0.3, -0.25) is 0 Å². The lowest BCUT2D eigenvalue weighted by Crippen LogP contribution is -2.23. The van der Waals surface area contributed by atoms with Gasteiger partial charge in [0.05, 0.1) is 0 Å². The van der Waals surface area contributed by atoms with Gasteiger partial charge in [-0.2, -0.15) is 0 Å². The van der Waals surface area contributed by atoms with Crippen molar-refractivity contribution in [2.75, 3.05) is 19.8 Å². The smallest absolute Gasteiger partial charge is 0.162 e. The first-order chi connectivity index (χ1) is 9.76. The number of rotatable bonds is 7.